The fraction of sp³-hybridized carbons (Fsp3) is 0.300. The molecule has 0 bridgehead atoms. The molecule has 0 N–H and O–H groups in total. The van der Waals surface area contributed by atoms with Crippen LogP contribution in [0.1, 0.15) is 12.5 Å². The van der Waals surface area contributed by atoms with Crippen molar-refractivity contribution in [2.45, 2.75) is 13.3 Å². The number of hydrogen-bond acceptors (Lipinski definition) is 1. The van der Waals surface area contributed by atoms with Crippen LogP contribution in [-0.4, -0.2) is 12.3 Å². The smallest absolute Gasteiger partial charge is 0.282 e. The van der Waals surface area contributed by atoms with Gasteiger partial charge in [0.05, 0.1) is 0 Å². The largest absolute Gasteiger partial charge is 0.307 e. The molecule has 0 unspecified atom stereocenters. The second-order valence-corrected chi connectivity index (χ2v) is 3.25. The summed E-state index contributed by atoms with van der Waals surface area (Å²) >= 11 is 3.75. The molecule has 13 heavy (non-hydrogen) atoms. The van der Waals surface area contributed by atoms with Gasteiger partial charge in [-0.15, -0.1) is 0 Å². The van der Waals surface area contributed by atoms with Crippen LogP contribution in [0.4, 0.5) is 10.5 Å². The van der Waals surface area contributed by atoms with Gasteiger partial charge >= 0.3 is 0 Å². The Morgan fingerprint density at radius 2 is 2.23 bits per heavy atom. The van der Waals surface area contributed by atoms with Crippen LogP contribution in [0.3, 0.4) is 0 Å². The van der Waals surface area contributed by atoms with Gasteiger partial charge in [-0.1, -0.05) is 31.7 Å². The van der Waals surface area contributed by atoms with Crippen LogP contribution < -0.4 is 4.90 Å². The van der Waals surface area contributed by atoms with Crippen LogP contribution in [0.5, 0.6) is 0 Å². The summed E-state index contributed by atoms with van der Waals surface area (Å²) in [5.74, 6) is 0. The first kappa shape index (κ1) is 10.1. The summed E-state index contributed by atoms with van der Waals surface area (Å²) in [5.41, 5.74) is 2.11. The number of amides is 1. The summed E-state index contributed by atoms with van der Waals surface area (Å²) in [5, 5.41) is -0.242. The predicted molar refractivity (Wildman–Crippen MR) is 58.6 cm³/mol. The minimum Gasteiger partial charge on any atom is -0.307 e. The van der Waals surface area contributed by atoms with E-state index < -0.39 is 0 Å². The predicted octanol–water partition coefficient (Wildman–Crippen LogP) is 2.74. The van der Waals surface area contributed by atoms with Crippen LogP contribution in [0.15, 0.2) is 24.3 Å². The monoisotopic (exact) mass is 195 g/mol. The van der Waals surface area contributed by atoms with E-state index in [0.717, 1.165) is 12.1 Å². The van der Waals surface area contributed by atoms with Gasteiger partial charge in [0.2, 0.25) is 0 Å². The molecule has 0 heterocycles. The lowest BCUT2D eigenvalue weighted by molar-refractivity contribution is 0.266. The molecule has 1 aromatic rings. The Kier molecular flexibility index (Phi) is 3.37. The Balaban J connectivity index is 2.94. The van der Waals surface area contributed by atoms with Gasteiger partial charge in [0.25, 0.3) is 5.24 Å². The van der Waals surface area contributed by atoms with Crippen LogP contribution in [0.2, 0.25) is 0 Å². The second-order valence-electron chi connectivity index (χ2n) is 2.87. The summed E-state index contributed by atoms with van der Waals surface area (Å²) in [6.07, 6.45) is 0.975. The molecule has 70 valence electrons. The molecule has 0 aliphatic heterocycles. The van der Waals surface area contributed by atoms with Gasteiger partial charge in [0, 0.05) is 12.7 Å². The van der Waals surface area contributed by atoms with E-state index in [1.54, 1.807) is 7.05 Å². The standard InChI is InChI=1S/C10H13NOS/c1-3-8-5-4-6-9(7-8)11(2)10(12)13/h4-7H,3H2,1-2H3,(H,12,13). The van der Waals surface area contributed by atoms with E-state index in [1.165, 1.54) is 10.5 Å². The minimum absolute atomic E-state index is 0.242. The number of carbonyl (C=O) groups is 1. The average Bonchev–Trinajstić information content (AvgIpc) is 2.16. The highest BCUT2D eigenvalue weighted by atomic mass is 32.1. The Bertz CT molecular complexity index is 312. The summed E-state index contributed by atoms with van der Waals surface area (Å²) < 4.78 is 0. The van der Waals surface area contributed by atoms with Crippen molar-refractivity contribution in [3.05, 3.63) is 29.8 Å². The zero-order chi connectivity index (χ0) is 9.84. The first-order valence-electron chi connectivity index (χ1n) is 4.20. The summed E-state index contributed by atoms with van der Waals surface area (Å²) in [6, 6.07) is 7.88. The van der Waals surface area contributed by atoms with Crippen molar-refractivity contribution >= 4 is 23.6 Å². The van der Waals surface area contributed by atoms with Crippen LogP contribution in [0, 0.1) is 0 Å². The number of thiol groups is 1. The van der Waals surface area contributed by atoms with Crippen molar-refractivity contribution in [3.8, 4) is 0 Å². The van der Waals surface area contributed by atoms with E-state index in [4.69, 9.17) is 0 Å². The molecule has 1 amide bonds. The van der Waals surface area contributed by atoms with E-state index in [-0.39, 0.29) is 5.24 Å². The van der Waals surface area contributed by atoms with Crippen molar-refractivity contribution in [3.63, 3.8) is 0 Å². The molecule has 2 nitrogen and oxygen atoms in total. The lowest BCUT2D eigenvalue weighted by atomic mass is 10.1. The van der Waals surface area contributed by atoms with Crippen LogP contribution in [0.25, 0.3) is 0 Å². The highest BCUT2D eigenvalue weighted by Crippen LogP contribution is 2.16. The highest BCUT2D eigenvalue weighted by molar-refractivity contribution is 7.96. The van der Waals surface area contributed by atoms with Gasteiger partial charge in [-0.25, -0.2) is 0 Å². The van der Waals surface area contributed by atoms with E-state index in [9.17, 15) is 4.79 Å². The van der Waals surface area contributed by atoms with Gasteiger partial charge in [-0.05, 0) is 24.1 Å². The van der Waals surface area contributed by atoms with E-state index >= 15 is 0 Å². The van der Waals surface area contributed by atoms with Gasteiger partial charge in [0.1, 0.15) is 0 Å². The number of anilines is 1. The average molecular weight is 195 g/mol. The van der Waals surface area contributed by atoms with Gasteiger partial charge in [-0.2, -0.15) is 0 Å². The Hall–Kier alpha value is -0.960. The molecule has 0 aliphatic rings. The highest BCUT2D eigenvalue weighted by Gasteiger charge is 2.05. The maximum Gasteiger partial charge on any atom is 0.282 e. The zero-order valence-electron chi connectivity index (χ0n) is 7.82. The van der Waals surface area contributed by atoms with E-state index in [0.29, 0.717) is 0 Å². The molecule has 0 radical (unpaired) electrons. The number of carbonyl (C=O) groups excluding carboxylic acids is 1. The Morgan fingerprint density at radius 1 is 1.54 bits per heavy atom. The Labute approximate surface area is 84.0 Å². The van der Waals surface area contributed by atoms with Gasteiger partial charge in [0.15, 0.2) is 0 Å². The lowest BCUT2D eigenvalue weighted by Gasteiger charge is -2.14. The van der Waals surface area contributed by atoms with E-state index in [1.807, 2.05) is 24.3 Å². The minimum atomic E-state index is -0.242. The maximum absolute atomic E-state index is 10.9. The van der Waals surface area contributed by atoms with Gasteiger partial charge in [-0.3, -0.25) is 4.79 Å². The molecular weight excluding hydrogens is 182 g/mol. The fourth-order valence-electron chi connectivity index (χ4n) is 1.10. The molecule has 0 spiro atoms. The molecule has 0 aliphatic carbocycles. The first-order chi connectivity index (χ1) is 6.15. The first-order valence-corrected chi connectivity index (χ1v) is 4.65. The number of nitrogens with zero attached hydrogens (tertiary/aromatic N) is 1. The van der Waals surface area contributed by atoms with Crippen molar-refractivity contribution in [1.29, 1.82) is 0 Å². The summed E-state index contributed by atoms with van der Waals surface area (Å²) in [6.45, 7) is 2.08. The topological polar surface area (TPSA) is 20.3 Å². The van der Waals surface area contributed by atoms with Crippen LogP contribution in [-0.2, 0) is 6.42 Å². The Morgan fingerprint density at radius 3 is 2.77 bits per heavy atom. The molecule has 0 fully saturated rings. The quantitative estimate of drug-likeness (QED) is 0.719. The van der Waals surface area contributed by atoms with Crippen molar-refractivity contribution in [2.75, 3.05) is 11.9 Å². The number of hydrogen-bond donors (Lipinski definition) is 1. The lowest BCUT2D eigenvalue weighted by Crippen LogP contribution is -2.19. The zero-order valence-corrected chi connectivity index (χ0v) is 8.71. The molecule has 3 heteroatoms. The van der Waals surface area contributed by atoms with Crippen LogP contribution >= 0.6 is 12.6 Å². The van der Waals surface area contributed by atoms with Crippen molar-refractivity contribution < 1.29 is 4.79 Å². The third-order valence-electron chi connectivity index (χ3n) is 1.99. The van der Waals surface area contributed by atoms with Gasteiger partial charge < -0.3 is 4.90 Å². The fourth-order valence-corrected chi connectivity index (χ4v) is 1.21. The molecule has 0 atom stereocenters. The second kappa shape index (κ2) is 4.33. The third kappa shape index (κ3) is 2.49. The number of aryl methyl sites for hydroxylation is 1. The molecule has 1 rings (SSSR count). The molecular formula is C10H13NOS. The van der Waals surface area contributed by atoms with Crippen molar-refractivity contribution in [2.24, 2.45) is 0 Å². The van der Waals surface area contributed by atoms with E-state index in [2.05, 4.69) is 19.6 Å². The van der Waals surface area contributed by atoms with Crippen molar-refractivity contribution in [1.82, 2.24) is 0 Å². The normalized spacial score (nSPS) is 9.77. The summed E-state index contributed by atoms with van der Waals surface area (Å²) in [4.78, 5) is 12.5. The maximum atomic E-state index is 10.9. The molecule has 0 saturated carbocycles. The molecule has 1 aromatic carbocycles. The number of benzene rings is 1. The summed E-state index contributed by atoms with van der Waals surface area (Å²) in [7, 11) is 1.71. The number of rotatable bonds is 2. The molecule has 0 saturated heterocycles. The molecule has 0 aromatic heterocycles. The SMILES string of the molecule is CCc1cccc(N(C)C(=O)S)c1. The third-order valence-corrected chi connectivity index (χ3v) is 2.29.